The standard InChI is InChI=1S/C11H11ClN2O2/c1-8(15)14-11(16)6-7-13(14)10-4-2-9(12)3-5-10/h2-5H,6-7H2,1H3. The third-order valence-electron chi connectivity index (χ3n) is 2.44. The first-order valence-corrected chi connectivity index (χ1v) is 5.34. The van der Waals surface area contributed by atoms with Gasteiger partial charge in [0.2, 0.25) is 11.8 Å². The van der Waals surface area contributed by atoms with Crippen LogP contribution >= 0.6 is 11.6 Å². The Hall–Kier alpha value is -1.55. The van der Waals surface area contributed by atoms with Crippen LogP contribution in [0, 0.1) is 0 Å². The van der Waals surface area contributed by atoms with Gasteiger partial charge in [-0.25, -0.2) is 0 Å². The molecule has 1 aromatic carbocycles. The van der Waals surface area contributed by atoms with Crippen molar-refractivity contribution in [2.24, 2.45) is 0 Å². The summed E-state index contributed by atoms with van der Waals surface area (Å²) >= 11 is 5.78. The monoisotopic (exact) mass is 238 g/mol. The minimum atomic E-state index is -0.266. The molecule has 84 valence electrons. The molecule has 1 aliphatic rings. The summed E-state index contributed by atoms with van der Waals surface area (Å²) in [6.07, 6.45) is 0.363. The number of rotatable bonds is 1. The molecule has 0 saturated carbocycles. The number of nitrogens with zero attached hydrogens (tertiary/aromatic N) is 2. The van der Waals surface area contributed by atoms with Crippen LogP contribution in [0.25, 0.3) is 0 Å². The quantitative estimate of drug-likeness (QED) is 0.750. The average molecular weight is 239 g/mol. The number of imide groups is 1. The van der Waals surface area contributed by atoms with E-state index < -0.39 is 0 Å². The van der Waals surface area contributed by atoms with Crippen LogP contribution in [0.2, 0.25) is 5.02 Å². The Balaban J connectivity index is 2.30. The van der Waals surface area contributed by atoms with Crippen molar-refractivity contribution >= 4 is 29.1 Å². The van der Waals surface area contributed by atoms with Crippen LogP contribution in [0.1, 0.15) is 13.3 Å². The summed E-state index contributed by atoms with van der Waals surface area (Å²) in [5.74, 6) is -0.431. The molecule has 0 atom stereocenters. The van der Waals surface area contributed by atoms with E-state index >= 15 is 0 Å². The highest BCUT2D eigenvalue weighted by atomic mass is 35.5. The van der Waals surface area contributed by atoms with E-state index in [0.717, 1.165) is 5.69 Å². The van der Waals surface area contributed by atoms with Gasteiger partial charge in [0.15, 0.2) is 0 Å². The van der Waals surface area contributed by atoms with Crippen molar-refractivity contribution in [2.75, 3.05) is 11.6 Å². The first-order chi connectivity index (χ1) is 7.59. The fraction of sp³-hybridized carbons (Fsp3) is 0.273. The van der Waals surface area contributed by atoms with Crippen molar-refractivity contribution in [1.82, 2.24) is 5.01 Å². The van der Waals surface area contributed by atoms with Crippen LogP contribution in [0.5, 0.6) is 0 Å². The predicted molar refractivity (Wildman–Crippen MR) is 60.9 cm³/mol. The molecular weight excluding hydrogens is 228 g/mol. The van der Waals surface area contributed by atoms with E-state index in [1.807, 2.05) is 0 Å². The molecule has 4 nitrogen and oxygen atoms in total. The molecule has 0 aromatic heterocycles. The summed E-state index contributed by atoms with van der Waals surface area (Å²) < 4.78 is 0. The normalized spacial score (nSPS) is 15.8. The Labute approximate surface area is 98.4 Å². The predicted octanol–water partition coefficient (Wildman–Crippen LogP) is 1.84. The lowest BCUT2D eigenvalue weighted by atomic mass is 10.3. The molecule has 1 aliphatic heterocycles. The number of hydrogen-bond acceptors (Lipinski definition) is 3. The van der Waals surface area contributed by atoms with Crippen molar-refractivity contribution in [3.8, 4) is 0 Å². The van der Waals surface area contributed by atoms with Crippen molar-refractivity contribution < 1.29 is 9.59 Å². The second-order valence-corrected chi connectivity index (χ2v) is 4.01. The zero-order valence-electron chi connectivity index (χ0n) is 8.81. The lowest BCUT2D eigenvalue weighted by Gasteiger charge is -2.26. The zero-order valence-corrected chi connectivity index (χ0v) is 9.57. The summed E-state index contributed by atoms with van der Waals surface area (Å²) in [6, 6.07) is 7.05. The summed E-state index contributed by atoms with van der Waals surface area (Å²) in [5, 5.41) is 3.47. The number of amides is 2. The van der Waals surface area contributed by atoms with Gasteiger partial charge in [-0.3, -0.25) is 14.6 Å². The third kappa shape index (κ3) is 1.88. The first-order valence-electron chi connectivity index (χ1n) is 4.96. The molecule has 1 aromatic rings. The smallest absolute Gasteiger partial charge is 0.250 e. The maximum absolute atomic E-state index is 11.5. The van der Waals surface area contributed by atoms with Crippen molar-refractivity contribution in [2.45, 2.75) is 13.3 Å². The van der Waals surface area contributed by atoms with Gasteiger partial charge < -0.3 is 0 Å². The second kappa shape index (κ2) is 4.14. The number of benzene rings is 1. The number of halogens is 1. The molecule has 0 bridgehead atoms. The Bertz CT molecular complexity index is 430. The highest BCUT2D eigenvalue weighted by molar-refractivity contribution is 6.30. The molecule has 2 rings (SSSR count). The van der Waals surface area contributed by atoms with Gasteiger partial charge >= 0.3 is 0 Å². The summed E-state index contributed by atoms with van der Waals surface area (Å²) in [7, 11) is 0. The second-order valence-electron chi connectivity index (χ2n) is 3.57. The van der Waals surface area contributed by atoms with Crippen molar-refractivity contribution in [3.05, 3.63) is 29.3 Å². The number of carbonyl (C=O) groups is 2. The van der Waals surface area contributed by atoms with Crippen molar-refractivity contribution in [1.29, 1.82) is 0 Å². The van der Waals surface area contributed by atoms with E-state index in [-0.39, 0.29) is 11.8 Å². The summed E-state index contributed by atoms with van der Waals surface area (Å²) in [6.45, 7) is 1.91. The van der Waals surface area contributed by atoms with E-state index in [1.165, 1.54) is 11.9 Å². The Morgan fingerprint density at radius 2 is 1.94 bits per heavy atom. The maximum Gasteiger partial charge on any atom is 0.250 e. The minimum Gasteiger partial charge on any atom is -0.275 e. The van der Waals surface area contributed by atoms with E-state index in [4.69, 9.17) is 11.6 Å². The minimum absolute atomic E-state index is 0.164. The van der Waals surface area contributed by atoms with Gasteiger partial charge in [0.1, 0.15) is 0 Å². The summed E-state index contributed by atoms with van der Waals surface area (Å²) in [4.78, 5) is 22.8. The number of carbonyl (C=O) groups excluding carboxylic acids is 2. The average Bonchev–Trinajstić information content (AvgIpc) is 2.61. The van der Waals surface area contributed by atoms with Crippen LogP contribution in [-0.2, 0) is 9.59 Å². The molecule has 2 amide bonds. The Kier molecular flexibility index (Phi) is 2.83. The van der Waals surface area contributed by atoms with E-state index in [1.54, 1.807) is 29.3 Å². The Morgan fingerprint density at radius 1 is 1.31 bits per heavy atom. The van der Waals surface area contributed by atoms with E-state index in [2.05, 4.69) is 0 Å². The first kappa shape index (κ1) is 11.0. The van der Waals surface area contributed by atoms with Gasteiger partial charge in [0.25, 0.3) is 0 Å². The highest BCUT2D eigenvalue weighted by Crippen LogP contribution is 2.24. The van der Waals surface area contributed by atoms with Crippen LogP contribution in [0.15, 0.2) is 24.3 Å². The summed E-state index contributed by atoms with van der Waals surface area (Å²) in [5.41, 5.74) is 0.797. The van der Waals surface area contributed by atoms with Gasteiger partial charge in [-0.15, -0.1) is 0 Å². The third-order valence-corrected chi connectivity index (χ3v) is 2.69. The zero-order chi connectivity index (χ0) is 11.7. The van der Waals surface area contributed by atoms with Crippen LogP contribution in [-0.4, -0.2) is 23.4 Å². The molecule has 0 N–H and O–H groups in total. The Morgan fingerprint density at radius 3 is 2.50 bits per heavy atom. The molecule has 0 radical (unpaired) electrons. The molecule has 1 heterocycles. The van der Waals surface area contributed by atoms with Gasteiger partial charge in [-0.2, -0.15) is 5.01 Å². The number of hydrogen-bond donors (Lipinski definition) is 0. The largest absolute Gasteiger partial charge is 0.275 e. The lowest BCUT2D eigenvalue weighted by molar-refractivity contribution is -0.141. The maximum atomic E-state index is 11.5. The van der Waals surface area contributed by atoms with Crippen molar-refractivity contribution in [3.63, 3.8) is 0 Å². The highest BCUT2D eigenvalue weighted by Gasteiger charge is 2.32. The van der Waals surface area contributed by atoms with E-state index in [9.17, 15) is 9.59 Å². The van der Waals surface area contributed by atoms with Crippen LogP contribution < -0.4 is 5.01 Å². The van der Waals surface area contributed by atoms with Gasteiger partial charge in [0.05, 0.1) is 5.69 Å². The van der Waals surface area contributed by atoms with Gasteiger partial charge in [-0.05, 0) is 24.3 Å². The van der Waals surface area contributed by atoms with Gasteiger partial charge in [-0.1, -0.05) is 11.6 Å². The molecule has 1 saturated heterocycles. The topological polar surface area (TPSA) is 40.6 Å². The van der Waals surface area contributed by atoms with Crippen LogP contribution in [0.4, 0.5) is 5.69 Å². The molecule has 5 heteroatoms. The van der Waals surface area contributed by atoms with E-state index in [0.29, 0.717) is 18.0 Å². The molecule has 0 spiro atoms. The molecular formula is C11H11ClN2O2. The SMILES string of the molecule is CC(=O)N1C(=O)CCN1c1ccc(Cl)cc1. The number of hydrazine groups is 1. The molecule has 16 heavy (non-hydrogen) atoms. The fourth-order valence-electron chi connectivity index (χ4n) is 1.75. The van der Waals surface area contributed by atoms with Gasteiger partial charge in [0, 0.05) is 24.9 Å². The molecule has 0 aliphatic carbocycles. The number of anilines is 1. The lowest BCUT2D eigenvalue weighted by Crippen LogP contribution is -2.42. The fourth-order valence-corrected chi connectivity index (χ4v) is 1.87. The molecule has 0 unspecified atom stereocenters. The van der Waals surface area contributed by atoms with Crippen LogP contribution in [0.3, 0.4) is 0 Å². The molecule has 1 fully saturated rings.